The Morgan fingerprint density at radius 1 is 1.44 bits per heavy atom. The minimum atomic E-state index is 0.440. The molecule has 1 aromatic rings. The monoisotopic (exact) mass is 309 g/mol. The number of nitrogens with one attached hydrogen (secondary N) is 1. The van der Waals surface area contributed by atoms with Gasteiger partial charge in [-0.1, -0.05) is 34.5 Å². The third-order valence-electron chi connectivity index (χ3n) is 3.11. The average molecular weight is 310 g/mol. The Morgan fingerprint density at radius 3 is 2.72 bits per heavy atom. The second-order valence-corrected chi connectivity index (χ2v) is 5.92. The topological polar surface area (TPSA) is 12.0 Å². The van der Waals surface area contributed by atoms with Crippen molar-refractivity contribution in [3.8, 4) is 0 Å². The van der Waals surface area contributed by atoms with E-state index >= 15 is 0 Å². The average Bonchev–Trinajstić information content (AvgIpc) is 2.30. The molecule has 0 fully saturated rings. The van der Waals surface area contributed by atoms with Crippen molar-refractivity contribution < 1.29 is 0 Å². The minimum absolute atomic E-state index is 0.440. The van der Waals surface area contributed by atoms with Gasteiger partial charge in [0.15, 0.2) is 0 Å². The Kier molecular flexibility index (Phi) is 6.66. The normalized spacial score (nSPS) is 12.4. The maximum Gasteiger partial charge on any atom is 0.0325 e. The lowest BCUT2D eigenvalue weighted by molar-refractivity contribution is 0.497. The first-order valence-electron chi connectivity index (χ1n) is 6.68. The molecular weight excluding hydrogens is 286 g/mol. The van der Waals surface area contributed by atoms with E-state index < -0.39 is 0 Å². The van der Waals surface area contributed by atoms with E-state index in [1.165, 1.54) is 23.1 Å². The minimum Gasteiger partial charge on any atom is -0.310 e. The molecule has 0 heterocycles. The molecule has 0 aliphatic heterocycles. The molecule has 0 saturated carbocycles. The molecule has 0 spiro atoms. The van der Waals surface area contributed by atoms with Gasteiger partial charge in [0, 0.05) is 10.5 Å². The van der Waals surface area contributed by atoms with Crippen molar-refractivity contribution in [3.63, 3.8) is 0 Å². The highest BCUT2D eigenvalue weighted by atomic mass is 79.9. The van der Waals surface area contributed by atoms with Crippen LogP contribution in [0.2, 0.25) is 0 Å². The SMILES string of the molecule is C=C(C)CCC(NCCC)c1ccc(Br)cc1C. The summed E-state index contributed by atoms with van der Waals surface area (Å²) in [6.07, 6.45) is 3.37. The lowest BCUT2D eigenvalue weighted by atomic mass is 9.96. The van der Waals surface area contributed by atoms with Gasteiger partial charge in [0.1, 0.15) is 0 Å². The van der Waals surface area contributed by atoms with Crippen LogP contribution in [0.3, 0.4) is 0 Å². The van der Waals surface area contributed by atoms with Crippen molar-refractivity contribution in [2.24, 2.45) is 0 Å². The van der Waals surface area contributed by atoms with E-state index in [4.69, 9.17) is 0 Å². The Bertz CT molecular complexity index is 398. The molecule has 0 aliphatic carbocycles. The largest absolute Gasteiger partial charge is 0.310 e. The molecule has 1 nitrogen and oxygen atoms in total. The van der Waals surface area contributed by atoms with E-state index in [1.54, 1.807) is 0 Å². The van der Waals surface area contributed by atoms with Crippen LogP contribution in [0.15, 0.2) is 34.8 Å². The fourth-order valence-electron chi connectivity index (χ4n) is 2.11. The highest BCUT2D eigenvalue weighted by Gasteiger charge is 2.12. The smallest absolute Gasteiger partial charge is 0.0325 e. The summed E-state index contributed by atoms with van der Waals surface area (Å²) in [5.41, 5.74) is 4.01. The molecule has 1 unspecified atom stereocenters. The fraction of sp³-hybridized carbons (Fsp3) is 0.500. The summed E-state index contributed by atoms with van der Waals surface area (Å²) in [6, 6.07) is 6.99. The van der Waals surface area contributed by atoms with Crippen LogP contribution in [0.4, 0.5) is 0 Å². The van der Waals surface area contributed by atoms with Gasteiger partial charge in [0.25, 0.3) is 0 Å². The van der Waals surface area contributed by atoms with Crippen molar-refractivity contribution in [2.45, 2.75) is 46.1 Å². The standard InChI is InChI=1S/C16H24BrN/c1-5-10-18-16(9-6-12(2)3)15-8-7-14(17)11-13(15)4/h7-8,11,16,18H,2,5-6,9-10H2,1,3-4H3. The zero-order valence-electron chi connectivity index (χ0n) is 11.7. The van der Waals surface area contributed by atoms with Crippen molar-refractivity contribution in [1.82, 2.24) is 5.32 Å². The number of aryl methyl sites for hydroxylation is 1. The number of allylic oxidation sites excluding steroid dienone is 1. The first-order chi connectivity index (χ1) is 8.54. The Balaban J connectivity index is 2.82. The van der Waals surface area contributed by atoms with Crippen LogP contribution in [0, 0.1) is 6.92 Å². The summed E-state index contributed by atoms with van der Waals surface area (Å²) in [6.45, 7) is 11.6. The number of benzene rings is 1. The second kappa shape index (κ2) is 7.75. The predicted molar refractivity (Wildman–Crippen MR) is 84.0 cm³/mol. The van der Waals surface area contributed by atoms with Crippen molar-refractivity contribution >= 4 is 15.9 Å². The van der Waals surface area contributed by atoms with Gasteiger partial charge in [-0.15, -0.1) is 6.58 Å². The van der Waals surface area contributed by atoms with Crippen molar-refractivity contribution in [1.29, 1.82) is 0 Å². The number of halogens is 1. The van der Waals surface area contributed by atoms with E-state index in [0.29, 0.717) is 6.04 Å². The van der Waals surface area contributed by atoms with Crippen LogP contribution in [0.1, 0.15) is 50.3 Å². The third kappa shape index (κ3) is 4.95. The molecule has 0 amide bonds. The van der Waals surface area contributed by atoms with E-state index in [2.05, 4.69) is 66.8 Å². The summed E-state index contributed by atoms with van der Waals surface area (Å²) < 4.78 is 1.15. The molecule has 1 N–H and O–H groups in total. The van der Waals surface area contributed by atoms with Crippen molar-refractivity contribution in [3.05, 3.63) is 46.0 Å². The van der Waals surface area contributed by atoms with Crippen LogP contribution >= 0.6 is 15.9 Å². The first kappa shape index (κ1) is 15.5. The Labute approximate surface area is 120 Å². The highest BCUT2D eigenvalue weighted by molar-refractivity contribution is 9.10. The molecule has 0 bridgehead atoms. The van der Waals surface area contributed by atoms with E-state index in [0.717, 1.165) is 23.9 Å². The van der Waals surface area contributed by atoms with Gasteiger partial charge in [-0.2, -0.15) is 0 Å². The lowest BCUT2D eigenvalue weighted by Crippen LogP contribution is -2.23. The molecule has 100 valence electrons. The van der Waals surface area contributed by atoms with E-state index in [-0.39, 0.29) is 0 Å². The number of rotatable bonds is 7. The van der Waals surface area contributed by atoms with Crippen LogP contribution in [0.25, 0.3) is 0 Å². The van der Waals surface area contributed by atoms with Gasteiger partial charge in [-0.3, -0.25) is 0 Å². The predicted octanol–water partition coefficient (Wildman–Crippen LogP) is 5.15. The zero-order valence-corrected chi connectivity index (χ0v) is 13.3. The van der Waals surface area contributed by atoms with Gasteiger partial charge in [0.05, 0.1) is 0 Å². The van der Waals surface area contributed by atoms with E-state index in [9.17, 15) is 0 Å². The molecule has 0 saturated heterocycles. The molecule has 0 aliphatic rings. The zero-order chi connectivity index (χ0) is 13.5. The van der Waals surface area contributed by atoms with Gasteiger partial charge < -0.3 is 5.32 Å². The van der Waals surface area contributed by atoms with Crippen LogP contribution in [-0.4, -0.2) is 6.54 Å². The van der Waals surface area contributed by atoms with Gasteiger partial charge in [-0.25, -0.2) is 0 Å². The molecule has 1 rings (SSSR count). The summed E-state index contributed by atoms with van der Waals surface area (Å²) >= 11 is 3.53. The van der Waals surface area contributed by atoms with E-state index in [1.807, 2.05) is 0 Å². The lowest BCUT2D eigenvalue weighted by Gasteiger charge is -2.21. The molecule has 0 radical (unpaired) electrons. The first-order valence-corrected chi connectivity index (χ1v) is 7.47. The molecule has 18 heavy (non-hydrogen) atoms. The Morgan fingerprint density at radius 2 is 2.17 bits per heavy atom. The van der Waals surface area contributed by atoms with Gasteiger partial charge in [0.2, 0.25) is 0 Å². The van der Waals surface area contributed by atoms with Crippen LogP contribution in [-0.2, 0) is 0 Å². The van der Waals surface area contributed by atoms with Crippen LogP contribution in [0.5, 0.6) is 0 Å². The Hall–Kier alpha value is -0.600. The van der Waals surface area contributed by atoms with Crippen LogP contribution < -0.4 is 5.32 Å². The van der Waals surface area contributed by atoms with Crippen molar-refractivity contribution in [2.75, 3.05) is 6.54 Å². The molecule has 0 aromatic heterocycles. The van der Waals surface area contributed by atoms with Gasteiger partial charge in [-0.05, 0) is 62.9 Å². The summed E-state index contributed by atoms with van der Waals surface area (Å²) in [5.74, 6) is 0. The number of hydrogen-bond acceptors (Lipinski definition) is 1. The quantitative estimate of drug-likeness (QED) is 0.686. The number of hydrogen-bond donors (Lipinski definition) is 1. The second-order valence-electron chi connectivity index (χ2n) is 5.00. The third-order valence-corrected chi connectivity index (χ3v) is 3.60. The molecule has 1 aromatic carbocycles. The maximum absolute atomic E-state index is 4.00. The summed E-state index contributed by atoms with van der Waals surface area (Å²) in [5, 5.41) is 3.64. The molecule has 1 atom stereocenters. The highest BCUT2D eigenvalue weighted by Crippen LogP contribution is 2.26. The summed E-state index contributed by atoms with van der Waals surface area (Å²) in [7, 11) is 0. The van der Waals surface area contributed by atoms with Gasteiger partial charge >= 0.3 is 0 Å². The fourth-order valence-corrected chi connectivity index (χ4v) is 2.58. The summed E-state index contributed by atoms with van der Waals surface area (Å²) in [4.78, 5) is 0. The molecular formula is C16H24BrN. The maximum atomic E-state index is 4.00. The molecule has 2 heteroatoms.